The Morgan fingerprint density at radius 3 is 2.67 bits per heavy atom. The Labute approximate surface area is 134 Å². The van der Waals surface area contributed by atoms with Gasteiger partial charge in [0.1, 0.15) is 24.0 Å². The van der Waals surface area contributed by atoms with Crippen LogP contribution in [0.3, 0.4) is 0 Å². The number of aromatic nitrogens is 4. The zero-order valence-electron chi connectivity index (χ0n) is 12.2. The van der Waals surface area contributed by atoms with Crippen molar-refractivity contribution in [3.63, 3.8) is 0 Å². The van der Waals surface area contributed by atoms with E-state index in [9.17, 15) is 13.6 Å². The van der Waals surface area contributed by atoms with Gasteiger partial charge in [0.15, 0.2) is 0 Å². The number of benzene rings is 2. The van der Waals surface area contributed by atoms with Crippen LogP contribution >= 0.6 is 0 Å². The molecule has 0 radical (unpaired) electrons. The molecule has 1 amide bonds. The van der Waals surface area contributed by atoms with Crippen LogP contribution in [0.4, 0.5) is 14.7 Å². The van der Waals surface area contributed by atoms with Crippen molar-refractivity contribution in [3.8, 4) is 5.75 Å². The maximum Gasteiger partial charge on any atom is 0.270 e. The lowest BCUT2D eigenvalue weighted by atomic mass is 10.1. The van der Waals surface area contributed by atoms with E-state index in [-0.39, 0.29) is 23.7 Å². The topological polar surface area (TPSA) is 92.8 Å². The lowest BCUT2D eigenvalue weighted by molar-refractivity contribution is 0.102. The molecule has 0 bridgehead atoms. The van der Waals surface area contributed by atoms with E-state index in [1.54, 1.807) is 0 Å². The van der Waals surface area contributed by atoms with E-state index < -0.39 is 17.5 Å². The second kappa shape index (κ2) is 6.82. The predicted molar refractivity (Wildman–Crippen MR) is 79.3 cm³/mol. The van der Waals surface area contributed by atoms with Crippen LogP contribution in [-0.4, -0.2) is 26.5 Å². The van der Waals surface area contributed by atoms with Gasteiger partial charge in [-0.1, -0.05) is 5.10 Å². The highest BCUT2D eigenvalue weighted by molar-refractivity contribution is 6.03. The fraction of sp³-hybridized carbons (Fsp3) is 0.0667. The number of H-pyrrole nitrogens is 1. The summed E-state index contributed by atoms with van der Waals surface area (Å²) in [5, 5.41) is 15.1. The van der Waals surface area contributed by atoms with Crippen LogP contribution in [0.25, 0.3) is 0 Å². The molecule has 0 saturated heterocycles. The average Bonchev–Trinajstić information content (AvgIpc) is 3.08. The van der Waals surface area contributed by atoms with Gasteiger partial charge in [-0.2, -0.15) is 5.21 Å². The zero-order valence-corrected chi connectivity index (χ0v) is 12.2. The van der Waals surface area contributed by atoms with Crippen molar-refractivity contribution in [3.05, 3.63) is 65.2 Å². The Balaban J connectivity index is 1.71. The molecule has 0 spiro atoms. The molecule has 2 N–H and O–H groups in total. The maximum absolute atomic E-state index is 13.9. The van der Waals surface area contributed by atoms with Crippen LogP contribution in [0.2, 0.25) is 0 Å². The van der Waals surface area contributed by atoms with E-state index in [0.717, 1.165) is 6.07 Å². The quantitative estimate of drug-likeness (QED) is 0.748. The molecule has 24 heavy (non-hydrogen) atoms. The number of carbonyl (C=O) groups excluding carboxylic acids is 1. The van der Waals surface area contributed by atoms with E-state index in [0.29, 0.717) is 5.75 Å². The molecule has 1 heterocycles. The molecule has 0 aliphatic rings. The van der Waals surface area contributed by atoms with Crippen LogP contribution in [0.1, 0.15) is 15.9 Å². The minimum absolute atomic E-state index is 0.00781. The molecule has 0 unspecified atom stereocenters. The molecule has 2 aromatic carbocycles. The second-order valence-electron chi connectivity index (χ2n) is 4.74. The van der Waals surface area contributed by atoms with Gasteiger partial charge in [-0.15, -0.1) is 5.10 Å². The summed E-state index contributed by atoms with van der Waals surface area (Å²) in [5.41, 5.74) is 0.388. The number of nitrogens with one attached hydrogen (secondary N) is 2. The molecule has 9 heteroatoms. The Kier molecular flexibility index (Phi) is 4.41. The fourth-order valence-electron chi connectivity index (χ4n) is 1.91. The standard InChI is InChI=1S/C15H11F2N5O2/c16-11-2-4-12(5-3-11)24-8-10-7-9(1-6-13(10)17)14(23)18-15-19-21-22-20-15/h1-7H,8H2,(H2,18,19,20,21,22,23). The normalized spacial score (nSPS) is 10.4. The Morgan fingerprint density at radius 2 is 1.96 bits per heavy atom. The summed E-state index contributed by atoms with van der Waals surface area (Å²) in [4.78, 5) is 12.0. The van der Waals surface area contributed by atoms with Crippen molar-refractivity contribution < 1.29 is 18.3 Å². The van der Waals surface area contributed by atoms with Crippen molar-refractivity contribution in [1.29, 1.82) is 0 Å². The van der Waals surface area contributed by atoms with E-state index in [1.807, 2.05) is 0 Å². The number of aromatic amines is 1. The van der Waals surface area contributed by atoms with E-state index in [4.69, 9.17) is 4.74 Å². The molecular weight excluding hydrogens is 320 g/mol. The highest BCUT2D eigenvalue weighted by Gasteiger charge is 2.12. The number of anilines is 1. The number of halogens is 2. The number of amides is 1. The summed E-state index contributed by atoms with van der Waals surface area (Å²) >= 11 is 0. The van der Waals surface area contributed by atoms with Crippen molar-refractivity contribution in [2.75, 3.05) is 5.32 Å². The molecule has 3 aromatic rings. The SMILES string of the molecule is O=C(Nc1nn[nH]n1)c1ccc(F)c(COc2ccc(F)cc2)c1. The first-order valence-electron chi connectivity index (χ1n) is 6.83. The van der Waals surface area contributed by atoms with E-state index >= 15 is 0 Å². The minimum atomic E-state index is -0.520. The van der Waals surface area contributed by atoms with Gasteiger partial charge < -0.3 is 4.74 Å². The summed E-state index contributed by atoms with van der Waals surface area (Å²) in [7, 11) is 0. The molecule has 122 valence electrons. The first-order chi connectivity index (χ1) is 11.6. The van der Waals surface area contributed by atoms with Crippen LogP contribution in [0, 0.1) is 11.6 Å². The van der Waals surface area contributed by atoms with Gasteiger partial charge >= 0.3 is 0 Å². The van der Waals surface area contributed by atoms with Gasteiger partial charge in [0.05, 0.1) is 0 Å². The van der Waals surface area contributed by atoms with Gasteiger partial charge in [-0.25, -0.2) is 8.78 Å². The fourth-order valence-corrected chi connectivity index (χ4v) is 1.91. The molecule has 0 aliphatic carbocycles. The van der Waals surface area contributed by atoms with Crippen molar-refractivity contribution in [2.45, 2.75) is 6.61 Å². The Morgan fingerprint density at radius 1 is 1.17 bits per heavy atom. The van der Waals surface area contributed by atoms with Crippen molar-refractivity contribution in [2.24, 2.45) is 0 Å². The van der Waals surface area contributed by atoms with Crippen molar-refractivity contribution in [1.82, 2.24) is 20.6 Å². The lowest BCUT2D eigenvalue weighted by Crippen LogP contribution is -2.14. The second-order valence-corrected chi connectivity index (χ2v) is 4.74. The summed E-state index contributed by atoms with van der Waals surface area (Å²) in [6.45, 7) is -0.110. The van der Waals surface area contributed by atoms with Crippen LogP contribution < -0.4 is 10.1 Å². The van der Waals surface area contributed by atoms with Crippen LogP contribution in [0.15, 0.2) is 42.5 Å². The third kappa shape index (κ3) is 3.69. The van der Waals surface area contributed by atoms with Crippen LogP contribution in [0.5, 0.6) is 5.75 Å². The summed E-state index contributed by atoms with van der Waals surface area (Å²) < 4.78 is 32.1. The number of hydrogen-bond acceptors (Lipinski definition) is 5. The average molecular weight is 331 g/mol. The number of tetrazole rings is 1. The smallest absolute Gasteiger partial charge is 0.270 e. The molecule has 0 aliphatic heterocycles. The molecule has 0 atom stereocenters. The molecule has 3 rings (SSSR count). The van der Waals surface area contributed by atoms with Crippen molar-refractivity contribution >= 4 is 11.9 Å². The number of hydrogen-bond donors (Lipinski definition) is 2. The molecule has 7 nitrogen and oxygen atoms in total. The first-order valence-corrected chi connectivity index (χ1v) is 6.83. The van der Waals surface area contributed by atoms with E-state index in [2.05, 4.69) is 25.9 Å². The molecule has 1 aromatic heterocycles. The third-order valence-corrected chi connectivity index (χ3v) is 3.09. The molecule has 0 saturated carbocycles. The van der Waals surface area contributed by atoms with Gasteiger partial charge in [-0.3, -0.25) is 10.1 Å². The molecular formula is C15H11F2N5O2. The number of ether oxygens (including phenoxy) is 1. The predicted octanol–water partition coefficient (Wildman–Crippen LogP) is 2.31. The minimum Gasteiger partial charge on any atom is -0.489 e. The maximum atomic E-state index is 13.9. The highest BCUT2D eigenvalue weighted by Crippen LogP contribution is 2.17. The number of carbonyl (C=O) groups is 1. The van der Waals surface area contributed by atoms with Gasteiger partial charge in [0.2, 0.25) is 0 Å². The van der Waals surface area contributed by atoms with Gasteiger partial charge in [0.25, 0.3) is 11.9 Å². The largest absolute Gasteiger partial charge is 0.489 e. The first kappa shape index (κ1) is 15.5. The summed E-state index contributed by atoms with van der Waals surface area (Å²) in [6, 6.07) is 9.18. The Bertz CT molecular complexity index is 838. The molecule has 0 fully saturated rings. The van der Waals surface area contributed by atoms with Gasteiger partial charge in [0, 0.05) is 11.1 Å². The summed E-state index contributed by atoms with van der Waals surface area (Å²) in [5.74, 6) is -1.03. The highest BCUT2D eigenvalue weighted by atomic mass is 19.1. The summed E-state index contributed by atoms with van der Waals surface area (Å²) in [6.07, 6.45) is 0. The lowest BCUT2D eigenvalue weighted by Gasteiger charge is -2.09. The number of rotatable bonds is 5. The van der Waals surface area contributed by atoms with Gasteiger partial charge in [-0.05, 0) is 47.7 Å². The monoisotopic (exact) mass is 331 g/mol. The number of nitrogens with zero attached hydrogens (tertiary/aromatic N) is 3. The Hall–Kier alpha value is -3.36. The van der Waals surface area contributed by atoms with Crippen LogP contribution in [-0.2, 0) is 6.61 Å². The van der Waals surface area contributed by atoms with E-state index in [1.165, 1.54) is 36.4 Å². The third-order valence-electron chi connectivity index (χ3n) is 3.09. The zero-order chi connectivity index (χ0) is 16.9.